The number of nitrogens with zero attached hydrogens (tertiary/aromatic N) is 1. The average Bonchev–Trinajstić information content (AvgIpc) is 2.84. The molecule has 2 fully saturated rings. The van der Waals surface area contributed by atoms with Crippen molar-refractivity contribution < 1.29 is 14.7 Å². The number of carboxylic acids is 1. The van der Waals surface area contributed by atoms with Gasteiger partial charge in [0, 0.05) is 19.0 Å². The van der Waals surface area contributed by atoms with Crippen molar-refractivity contribution in [2.75, 3.05) is 13.1 Å². The highest BCUT2D eigenvalue weighted by atomic mass is 16.4. The number of hydrogen-bond acceptors (Lipinski definition) is 2. The Hall–Kier alpha value is -1.84. The number of aliphatic carboxylic acids is 1. The van der Waals surface area contributed by atoms with Crippen molar-refractivity contribution in [3.8, 4) is 0 Å². The summed E-state index contributed by atoms with van der Waals surface area (Å²) in [5.74, 6) is -1.34. The third-order valence-corrected chi connectivity index (χ3v) is 5.13. The Morgan fingerprint density at radius 1 is 1.19 bits per heavy atom. The van der Waals surface area contributed by atoms with Gasteiger partial charge in [-0.2, -0.15) is 0 Å². The summed E-state index contributed by atoms with van der Waals surface area (Å²) in [5.41, 5.74) is 0.853. The number of benzene rings is 1. The fraction of sp³-hybridized carbons (Fsp3) is 0.529. The first-order valence-electron chi connectivity index (χ1n) is 7.49. The van der Waals surface area contributed by atoms with Gasteiger partial charge < -0.3 is 10.0 Å². The summed E-state index contributed by atoms with van der Waals surface area (Å²) in [4.78, 5) is 25.7. The standard InChI is InChI=1S/C17H21NO3/c1-17(2)13(14(17)16(20)21)15(19)18-9-8-12(10-18)11-6-4-3-5-7-11/h3-7,12-14H,8-10H2,1-2H3,(H,20,21). The molecule has 0 aromatic heterocycles. The van der Waals surface area contributed by atoms with E-state index in [1.54, 1.807) is 0 Å². The van der Waals surface area contributed by atoms with E-state index < -0.39 is 17.3 Å². The Morgan fingerprint density at radius 2 is 1.86 bits per heavy atom. The monoisotopic (exact) mass is 287 g/mol. The lowest BCUT2D eigenvalue weighted by Crippen LogP contribution is -2.31. The Morgan fingerprint density at radius 3 is 2.43 bits per heavy atom. The van der Waals surface area contributed by atoms with Crippen LogP contribution in [0, 0.1) is 17.3 Å². The Labute approximate surface area is 124 Å². The molecule has 1 amide bonds. The molecule has 1 saturated carbocycles. The van der Waals surface area contributed by atoms with Crippen LogP contribution in [0.5, 0.6) is 0 Å². The summed E-state index contributed by atoms with van der Waals surface area (Å²) in [5, 5.41) is 9.21. The lowest BCUT2D eigenvalue weighted by atomic mass is 9.99. The van der Waals surface area contributed by atoms with Gasteiger partial charge in [-0.1, -0.05) is 44.2 Å². The van der Waals surface area contributed by atoms with E-state index in [0.29, 0.717) is 12.5 Å². The van der Waals surface area contributed by atoms with E-state index >= 15 is 0 Å². The zero-order chi connectivity index (χ0) is 15.2. The van der Waals surface area contributed by atoms with Gasteiger partial charge in [0.05, 0.1) is 11.8 Å². The first-order valence-corrected chi connectivity index (χ1v) is 7.49. The van der Waals surface area contributed by atoms with Crippen LogP contribution in [0.2, 0.25) is 0 Å². The minimum absolute atomic E-state index is 0.0193. The smallest absolute Gasteiger partial charge is 0.307 e. The summed E-state index contributed by atoms with van der Waals surface area (Å²) >= 11 is 0. The quantitative estimate of drug-likeness (QED) is 0.928. The van der Waals surface area contributed by atoms with Gasteiger partial charge in [0.15, 0.2) is 0 Å². The molecule has 1 aliphatic heterocycles. The number of carbonyl (C=O) groups excluding carboxylic acids is 1. The van der Waals surface area contributed by atoms with Crippen molar-refractivity contribution in [2.24, 2.45) is 17.3 Å². The van der Waals surface area contributed by atoms with E-state index in [1.165, 1.54) is 5.56 Å². The van der Waals surface area contributed by atoms with Crippen molar-refractivity contribution in [1.29, 1.82) is 0 Å². The number of carbonyl (C=O) groups is 2. The number of rotatable bonds is 3. The molecule has 21 heavy (non-hydrogen) atoms. The molecule has 1 aromatic carbocycles. The van der Waals surface area contributed by atoms with Crippen LogP contribution in [-0.4, -0.2) is 35.0 Å². The fourth-order valence-electron chi connectivity index (χ4n) is 3.71. The van der Waals surface area contributed by atoms with E-state index in [2.05, 4.69) is 12.1 Å². The third-order valence-electron chi connectivity index (χ3n) is 5.13. The van der Waals surface area contributed by atoms with Crippen molar-refractivity contribution in [2.45, 2.75) is 26.2 Å². The van der Waals surface area contributed by atoms with Crippen LogP contribution >= 0.6 is 0 Å². The Kier molecular flexibility index (Phi) is 3.27. The maximum atomic E-state index is 12.6. The van der Waals surface area contributed by atoms with Gasteiger partial charge in [-0.15, -0.1) is 0 Å². The molecule has 0 radical (unpaired) electrons. The molecule has 1 N–H and O–H groups in total. The fourth-order valence-corrected chi connectivity index (χ4v) is 3.71. The Balaban J connectivity index is 1.67. The predicted octanol–water partition coefficient (Wildman–Crippen LogP) is 2.36. The van der Waals surface area contributed by atoms with E-state index in [-0.39, 0.29) is 11.8 Å². The zero-order valence-corrected chi connectivity index (χ0v) is 12.5. The highest BCUT2D eigenvalue weighted by molar-refractivity contribution is 5.91. The molecule has 4 nitrogen and oxygen atoms in total. The average molecular weight is 287 g/mol. The van der Waals surface area contributed by atoms with Crippen LogP contribution in [0.4, 0.5) is 0 Å². The van der Waals surface area contributed by atoms with Gasteiger partial charge in [-0.25, -0.2) is 0 Å². The van der Waals surface area contributed by atoms with Gasteiger partial charge in [0.2, 0.25) is 5.91 Å². The summed E-state index contributed by atoms with van der Waals surface area (Å²) in [6.07, 6.45) is 0.959. The minimum atomic E-state index is -0.850. The van der Waals surface area contributed by atoms with Crippen LogP contribution < -0.4 is 0 Å². The predicted molar refractivity (Wildman–Crippen MR) is 78.8 cm³/mol. The van der Waals surface area contributed by atoms with Gasteiger partial charge in [-0.3, -0.25) is 9.59 Å². The van der Waals surface area contributed by atoms with Crippen molar-refractivity contribution >= 4 is 11.9 Å². The molecule has 3 atom stereocenters. The van der Waals surface area contributed by atoms with Gasteiger partial charge in [-0.05, 0) is 17.4 Å². The van der Waals surface area contributed by atoms with Crippen molar-refractivity contribution in [3.05, 3.63) is 35.9 Å². The number of hydrogen-bond donors (Lipinski definition) is 1. The van der Waals surface area contributed by atoms with Crippen molar-refractivity contribution in [3.63, 3.8) is 0 Å². The first kappa shape index (κ1) is 14.1. The van der Waals surface area contributed by atoms with E-state index in [1.807, 2.05) is 36.9 Å². The molecule has 1 aromatic rings. The second-order valence-electron chi connectivity index (χ2n) is 6.80. The minimum Gasteiger partial charge on any atom is -0.481 e. The second-order valence-corrected chi connectivity index (χ2v) is 6.80. The lowest BCUT2D eigenvalue weighted by molar-refractivity contribution is -0.141. The molecule has 112 valence electrons. The molecule has 0 spiro atoms. The maximum Gasteiger partial charge on any atom is 0.307 e. The highest BCUT2D eigenvalue weighted by Gasteiger charge is 2.66. The molecule has 0 bridgehead atoms. The summed E-state index contributed by atoms with van der Waals surface area (Å²) in [6.45, 7) is 5.19. The summed E-state index contributed by atoms with van der Waals surface area (Å²) in [6, 6.07) is 10.2. The molecular formula is C17H21NO3. The van der Waals surface area contributed by atoms with Crippen LogP contribution in [-0.2, 0) is 9.59 Å². The molecule has 3 unspecified atom stereocenters. The number of amides is 1. The van der Waals surface area contributed by atoms with E-state index in [4.69, 9.17) is 0 Å². The third kappa shape index (κ3) is 2.33. The molecule has 1 saturated heterocycles. The summed E-state index contributed by atoms with van der Waals surface area (Å²) in [7, 11) is 0. The normalized spacial score (nSPS) is 30.2. The number of carboxylic acid groups (broad SMARTS) is 1. The van der Waals surface area contributed by atoms with Gasteiger partial charge in [0.25, 0.3) is 0 Å². The Bertz CT molecular complexity index is 567. The lowest BCUT2D eigenvalue weighted by Gasteiger charge is -2.17. The highest BCUT2D eigenvalue weighted by Crippen LogP contribution is 2.59. The number of likely N-dealkylation sites (tertiary alicyclic amines) is 1. The van der Waals surface area contributed by atoms with Crippen LogP contribution in [0.15, 0.2) is 30.3 Å². The van der Waals surface area contributed by atoms with Gasteiger partial charge >= 0.3 is 5.97 Å². The molecule has 4 heteroatoms. The van der Waals surface area contributed by atoms with Crippen LogP contribution in [0.3, 0.4) is 0 Å². The van der Waals surface area contributed by atoms with Crippen molar-refractivity contribution in [1.82, 2.24) is 4.90 Å². The van der Waals surface area contributed by atoms with Gasteiger partial charge in [0.1, 0.15) is 0 Å². The van der Waals surface area contributed by atoms with E-state index in [9.17, 15) is 14.7 Å². The molecule has 1 aliphatic carbocycles. The van der Waals surface area contributed by atoms with Crippen LogP contribution in [0.1, 0.15) is 31.7 Å². The summed E-state index contributed by atoms with van der Waals surface area (Å²) < 4.78 is 0. The molecule has 1 heterocycles. The maximum absolute atomic E-state index is 12.6. The topological polar surface area (TPSA) is 57.6 Å². The largest absolute Gasteiger partial charge is 0.481 e. The molecular weight excluding hydrogens is 266 g/mol. The zero-order valence-electron chi connectivity index (χ0n) is 12.5. The van der Waals surface area contributed by atoms with Crippen LogP contribution in [0.25, 0.3) is 0 Å². The molecule has 3 rings (SSSR count). The SMILES string of the molecule is CC1(C)C(C(=O)O)C1C(=O)N1CCC(c2ccccc2)C1. The first-order chi connectivity index (χ1) is 9.93. The second kappa shape index (κ2) is 4.86. The van der Waals surface area contributed by atoms with E-state index in [0.717, 1.165) is 13.0 Å². The molecule has 2 aliphatic rings.